The van der Waals surface area contributed by atoms with Crippen molar-refractivity contribution >= 4 is 17.1 Å². The molecule has 0 saturated heterocycles. The Morgan fingerprint density at radius 2 is 2.24 bits per heavy atom. The molecule has 17 heavy (non-hydrogen) atoms. The zero-order valence-corrected chi connectivity index (χ0v) is 10.4. The summed E-state index contributed by atoms with van der Waals surface area (Å²) in [5.41, 5.74) is 7.62. The van der Waals surface area contributed by atoms with Crippen LogP contribution in [0.3, 0.4) is 0 Å². The minimum Gasteiger partial charge on any atom is -0.383 e. The zero-order valence-electron chi connectivity index (χ0n) is 10.4. The molecule has 0 aliphatic heterocycles. The van der Waals surface area contributed by atoms with E-state index < -0.39 is 0 Å². The van der Waals surface area contributed by atoms with E-state index in [2.05, 4.69) is 23.8 Å². The fraction of sp³-hybridized carbons (Fsp3) is 0.500. The third kappa shape index (κ3) is 2.10. The van der Waals surface area contributed by atoms with E-state index in [1.165, 1.54) is 0 Å². The quantitative estimate of drug-likeness (QED) is 0.876. The summed E-state index contributed by atoms with van der Waals surface area (Å²) in [7, 11) is 1.69. The van der Waals surface area contributed by atoms with Crippen LogP contribution in [0.25, 0.3) is 11.2 Å². The van der Waals surface area contributed by atoms with Crippen molar-refractivity contribution in [3.63, 3.8) is 0 Å². The molecule has 0 aromatic carbocycles. The van der Waals surface area contributed by atoms with Crippen molar-refractivity contribution in [3.8, 4) is 0 Å². The summed E-state index contributed by atoms with van der Waals surface area (Å²) < 4.78 is 7.22. The van der Waals surface area contributed by atoms with Gasteiger partial charge in [-0.05, 0) is 18.1 Å². The Morgan fingerprint density at radius 1 is 1.47 bits per heavy atom. The van der Waals surface area contributed by atoms with Gasteiger partial charge in [-0.25, -0.2) is 9.97 Å². The number of hydrogen-bond acceptors (Lipinski definition) is 4. The molecule has 1 unspecified atom stereocenters. The van der Waals surface area contributed by atoms with Gasteiger partial charge in [-0.3, -0.25) is 4.57 Å². The molecule has 0 radical (unpaired) electrons. The Hall–Kier alpha value is -1.62. The molecule has 2 rings (SSSR count). The maximum Gasteiger partial charge on any atom is 0.202 e. The van der Waals surface area contributed by atoms with E-state index in [0.29, 0.717) is 18.5 Å². The Labute approximate surface area is 101 Å². The second kappa shape index (κ2) is 4.71. The Bertz CT molecular complexity index is 506. The molecule has 2 N–H and O–H groups in total. The molecule has 0 bridgehead atoms. The van der Waals surface area contributed by atoms with E-state index in [4.69, 9.17) is 10.5 Å². The van der Waals surface area contributed by atoms with Crippen LogP contribution in [-0.2, 0) is 4.74 Å². The van der Waals surface area contributed by atoms with Crippen LogP contribution in [0.15, 0.2) is 18.3 Å². The molecule has 0 spiro atoms. The van der Waals surface area contributed by atoms with Gasteiger partial charge < -0.3 is 10.5 Å². The maximum atomic E-state index is 5.98. The molecule has 2 aromatic rings. The molecule has 2 aromatic heterocycles. The highest BCUT2D eigenvalue weighted by Gasteiger charge is 2.21. The third-order valence-electron chi connectivity index (χ3n) is 2.91. The van der Waals surface area contributed by atoms with Crippen LogP contribution in [0, 0.1) is 5.92 Å². The van der Waals surface area contributed by atoms with Gasteiger partial charge in [0, 0.05) is 13.3 Å². The van der Waals surface area contributed by atoms with E-state index >= 15 is 0 Å². The predicted molar refractivity (Wildman–Crippen MR) is 67.7 cm³/mol. The van der Waals surface area contributed by atoms with Gasteiger partial charge in [0.25, 0.3) is 0 Å². The summed E-state index contributed by atoms with van der Waals surface area (Å²) in [6.45, 7) is 4.87. The number of methoxy groups -OCH3 is 1. The van der Waals surface area contributed by atoms with E-state index in [0.717, 1.165) is 11.2 Å². The number of nitrogens with two attached hydrogens (primary N) is 1. The summed E-state index contributed by atoms with van der Waals surface area (Å²) in [5, 5.41) is 0. The van der Waals surface area contributed by atoms with E-state index in [1.54, 1.807) is 13.3 Å². The molecule has 5 nitrogen and oxygen atoms in total. The minimum absolute atomic E-state index is 0.153. The predicted octanol–water partition coefficient (Wildman–Crippen LogP) is 1.86. The molecule has 5 heteroatoms. The zero-order chi connectivity index (χ0) is 12.4. The first-order valence-electron chi connectivity index (χ1n) is 5.72. The van der Waals surface area contributed by atoms with Crippen LogP contribution in [-0.4, -0.2) is 28.3 Å². The number of ether oxygens (including phenoxy) is 1. The lowest BCUT2D eigenvalue weighted by Crippen LogP contribution is -2.22. The third-order valence-corrected chi connectivity index (χ3v) is 2.91. The first-order chi connectivity index (χ1) is 8.15. The summed E-state index contributed by atoms with van der Waals surface area (Å²) >= 11 is 0. The highest BCUT2D eigenvalue weighted by Crippen LogP contribution is 2.26. The molecule has 0 fully saturated rings. The van der Waals surface area contributed by atoms with Gasteiger partial charge in [-0.15, -0.1) is 0 Å². The lowest BCUT2D eigenvalue weighted by atomic mass is 10.1. The molecule has 0 amide bonds. The van der Waals surface area contributed by atoms with Crippen molar-refractivity contribution in [2.75, 3.05) is 19.5 Å². The molecular weight excluding hydrogens is 216 g/mol. The Morgan fingerprint density at radius 3 is 2.88 bits per heavy atom. The number of anilines is 1. The topological polar surface area (TPSA) is 66.0 Å². The van der Waals surface area contributed by atoms with Crippen molar-refractivity contribution in [2.24, 2.45) is 5.92 Å². The highest BCUT2D eigenvalue weighted by molar-refractivity contribution is 5.74. The number of fused-ring (bicyclic) bond motifs is 1. The molecule has 0 saturated carbocycles. The van der Waals surface area contributed by atoms with Crippen LogP contribution in [0.4, 0.5) is 5.95 Å². The summed E-state index contributed by atoms with van der Waals surface area (Å²) in [6, 6.07) is 3.93. The van der Waals surface area contributed by atoms with Crippen molar-refractivity contribution in [3.05, 3.63) is 18.3 Å². The lowest BCUT2D eigenvalue weighted by Gasteiger charge is -2.22. The molecule has 2 heterocycles. The SMILES string of the molecule is COCC(C(C)C)n1c(N)nc2cccnc21. The van der Waals surface area contributed by atoms with Gasteiger partial charge in [0.1, 0.15) is 5.52 Å². The van der Waals surface area contributed by atoms with Gasteiger partial charge in [0.15, 0.2) is 5.65 Å². The molecule has 0 aliphatic carbocycles. The standard InChI is InChI=1S/C12H18N4O/c1-8(2)10(7-17-3)16-11-9(15-12(16)13)5-4-6-14-11/h4-6,8,10H,7H2,1-3H3,(H2,13,15). The fourth-order valence-corrected chi connectivity index (χ4v) is 2.01. The van der Waals surface area contributed by atoms with Crippen LogP contribution >= 0.6 is 0 Å². The molecule has 92 valence electrons. The lowest BCUT2D eigenvalue weighted by molar-refractivity contribution is 0.136. The number of nitrogen functional groups attached to an aromatic ring is 1. The second-order valence-electron chi connectivity index (χ2n) is 4.45. The van der Waals surface area contributed by atoms with Crippen molar-refractivity contribution in [1.82, 2.24) is 14.5 Å². The molecule has 0 aliphatic rings. The van der Waals surface area contributed by atoms with Crippen LogP contribution in [0.1, 0.15) is 19.9 Å². The van der Waals surface area contributed by atoms with Crippen LogP contribution in [0.5, 0.6) is 0 Å². The summed E-state index contributed by atoms with van der Waals surface area (Å²) in [5.74, 6) is 0.895. The highest BCUT2D eigenvalue weighted by atomic mass is 16.5. The van der Waals surface area contributed by atoms with Gasteiger partial charge in [-0.1, -0.05) is 13.8 Å². The maximum absolute atomic E-state index is 5.98. The normalized spacial score (nSPS) is 13.4. The van der Waals surface area contributed by atoms with Gasteiger partial charge in [-0.2, -0.15) is 0 Å². The first kappa shape index (κ1) is 11.9. The van der Waals surface area contributed by atoms with Crippen molar-refractivity contribution in [1.29, 1.82) is 0 Å². The summed E-state index contributed by atoms with van der Waals surface area (Å²) in [4.78, 5) is 8.67. The number of hydrogen-bond donors (Lipinski definition) is 1. The van der Waals surface area contributed by atoms with Gasteiger partial charge >= 0.3 is 0 Å². The number of pyridine rings is 1. The second-order valence-corrected chi connectivity index (χ2v) is 4.45. The van der Waals surface area contributed by atoms with Crippen molar-refractivity contribution in [2.45, 2.75) is 19.9 Å². The van der Waals surface area contributed by atoms with E-state index in [-0.39, 0.29) is 6.04 Å². The largest absolute Gasteiger partial charge is 0.383 e. The fourth-order valence-electron chi connectivity index (χ4n) is 2.01. The summed E-state index contributed by atoms with van der Waals surface area (Å²) in [6.07, 6.45) is 1.75. The van der Waals surface area contributed by atoms with Gasteiger partial charge in [0.2, 0.25) is 5.95 Å². The number of imidazole rings is 1. The minimum atomic E-state index is 0.153. The molecular formula is C12H18N4O. The van der Waals surface area contributed by atoms with Crippen LogP contribution < -0.4 is 5.73 Å². The molecule has 1 atom stereocenters. The van der Waals surface area contributed by atoms with Gasteiger partial charge in [0.05, 0.1) is 12.6 Å². The average molecular weight is 234 g/mol. The average Bonchev–Trinajstić information content (AvgIpc) is 2.62. The first-order valence-corrected chi connectivity index (χ1v) is 5.72. The van der Waals surface area contributed by atoms with Crippen LogP contribution in [0.2, 0.25) is 0 Å². The number of aromatic nitrogens is 3. The number of rotatable bonds is 4. The van der Waals surface area contributed by atoms with Crippen molar-refractivity contribution < 1.29 is 4.74 Å². The Kier molecular flexibility index (Phi) is 3.28. The van der Waals surface area contributed by atoms with E-state index in [1.807, 2.05) is 16.7 Å². The Balaban J connectivity index is 2.55. The monoisotopic (exact) mass is 234 g/mol. The van der Waals surface area contributed by atoms with E-state index in [9.17, 15) is 0 Å². The number of nitrogens with zero attached hydrogens (tertiary/aromatic N) is 3. The smallest absolute Gasteiger partial charge is 0.202 e.